The molecule has 1 nitrogen and oxygen atoms in total. The quantitative estimate of drug-likeness (QED) is 0.369. The van der Waals surface area contributed by atoms with Crippen molar-refractivity contribution in [2.24, 2.45) is 0 Å². The number of carbonyl (C=O) groups is 1. The van der Waals surface area contributed by atoms with E-state index in [1.54, 1.807) is 0 Å². The first-order chi connectivity index (χ1) is 2.73. The van der Waals surface area contributed by atoms with Gasteiger partial charge in [-0.2, -0.15) is 0 Å². The molecule has 0 radical (unpaired) electrons. The molecule has 2 heteroatoms. The average molecular weight is 142 g/mol. The molecule has 0 amide bonds. The molecule has 0 saturated carbocycles. The maximum Gasteiger partial charge on any atom is 0.126 e. The minimum Gasteiger partial charge on any atom is -0.300 e. The van der Waals surface area contributed by atoms with Crippen molar-refractivity contribution in [3.05, 3.63) is 13.2 Å². The van der Waals surface area contributed by atoms with E-state index in [4.69, 9.17) is 0 Å². The van der Waals surface area contributed by atoms with Crippen molar-refractivity contribution in [3.63, 3.8) is 0 Å². The fraction of sp³-hybridized carbons (Fsp3) is 0.400. The summed E-state index contributed by atoms with van der Waals surface area (Å²) in [4.78, 5) is 9.44. The van der Waals surface area contributed by atoms with E-state index >= 15 is 0 Å². The molecule has 0 atom stereocenters. The molecule has 0 saturated heterocycles. The zero-order valence-corrected chi connectivity index (χ0v) is 5.78. The van der Waals surface area contributed by atoms with Gasteiger partial charge in [-0.15, -0.1) is 13.2 Å². The number of rotatable bonds is 0. The number of ketones is 1. The Morgan fingerprint density at radius 2 is 1.29 bits per heavy atom. The molecule has 0 aliphatic carbocycles. The minimum absolute atomic E-state index is 0. The molecule has 0 bridgehead atoms. The van der Waals surface area contributed by atoms with Crippen LogP contribution in [0.15, 0.2) is 13.2 Å². The molecule has 0 spiro atoms. The van der Waals surface area contributed by atoms with Crippen molar-refractivity contribution < 1.29 is 21.9 Å². The predicted octanol–water partition coefficient (Wildman–Crippen LogP) is 1.40. The van der Waals surface area contributed by atoms with Gasteiger partial charge in [-0.25, -0.2) is 0 Å². The van der Waals surface area contributed by atoms with Crippen LogP contribution in [0.4, 0.5) is 0 Å². The Morgan fingerprint density at radius 3 is 1.29 bits per heavy atom. The molecule has 0 fully saturated rings. The second-order valence-electron chi connectivity index (χ2n) is 0.908. The van der Waals surface area contributed by atoms with E-state index in [-0.39, 0.29) is 22.9 Å². The maximum absolute atomic E-state index is 9.44. The summed E-state index contributed by atoms with van der Waals surface area (Å²) in [5, 5.41) is 0. The van der Waals surface area contributed by atoms with Gasteiger partial charge in [0.2, 0.25) is 0 Å². The standard InChI is InChI=1S/C3H6O.C2H4.Fe/c1-3(2)4;1-2;/h1-2H3;1-2H2;. The maximum atomic E-state index is 9.44. The van der Waals surface area contributed by atoms with Gasteiger partial charge in [-0.3, -0.25) is 0 Å². The summed E-state index contributed by atoms with van der Waals surface area (Å²) >= 11 is 0. The summed E-state index contributed by atoms with van der Waals surface area (Å²) in [6.45, 7) is 9.06. The monoisotopic (exact) mass is 142 g/mol. The van der Waals surface area contributed by atoms with Gasteiger partial charge in [-0.1, -0.05) is 0 Å². The molecule has 0 aromatic heterocycles. The molecule has 0 unspecified atom stereocenters. The van der Waals surface area contributed by atoms with E-state index in [1.807, 2.05) is 0 Å². The normalized spacial score (nSPS) is 4.29. The van der Waals surface area contributed by atoms with Crippen LogP contribution in [0.5, 0.6) is 0 Å². The Balaban J connectivity index is -0.0000000480. The van der Waals surface area contributed by atoms with Crippen LogP contribution < -0.4 is 0 Å². The smallest absolute Gasteiger partial charge is 0.126 e. The van der Waals surface area contributed by atoms with Crippen LogP contribution in [-0.4, -0.2) is 5.78 Å². The minimum atomic E-state index is 0. The summed E-state index contributed by atoms with van der Waals surface area (Å²) in [7, 11) is 0. The van der Waals surface area contributed by atoms with Gasteiger partial charge >= 0.3 is 0 Å². The van der Waals surface area contributed by atoms with Crippen LogP contribution in [-0.2, 0) is 21.9 Å². The first kappa shape index (κ1) is 15.8. The number of hydrogen-bond acceptors (Lipinski definition) is 1. The zero-order chi connectivity index (χ0) is 5.58. The van der Waals surface area contributed by atoms with Crippen molar-refractivity contribution in [1.29, 1.82) is 0 Å². The Labute approximate surface area is 55.3 Å². The van der Waals surface area contributed by atoms with Crippen molar-refractivity contribution in [2.45, 2.75) is 13.8 Å². The van der Waals surface area contributed by atoms with Crippen molar-refractivity contribution in [3.8, 4) is 0 Å². The van der Waals surface area contributed by atoms with E-state index in [1.165, 1.54) is 13.8 Å². The summed E-state index contributed by atoms with van der Waals surface area (Å²) in [6.07, 6.45) is 0. The van der Waals surface area contributed by atoms with Crippen LogP contribution >= 0.6 is 0 Å². The Kier molecular flexibility index (Phi) is 37.8. The predicted molar refractivity (Wildman–Crippen MR) is 27.6 cm³/mol. The molecule has 0 aliphatic rings. The van der Waals surface area contributed by atoms with Gasteiger partial charge in [0.25, 0.3) is 0 Å². The van der Waals surface area contributed by atoms with E-state index in [0.29, 0.717) is 0 Å². The number of Topliss-reactive ketones (excluding diaryl/α,β-unsaturated/α-hetero) is 1. The van der Waals surface area contributed by atoms with Gasteiger partial charge in [-0.05, 0) is 13.8 Å². The summed E-state index contributed by atoms with van der Waals surface area (Å²) in [6, 6.07) is 0. The molecule has 0 rings (SSSR count). The van der Waals surface area contributed by atoms with E-state index in [0.717, 1.165) is 0 Å². The molecular formula is C5H10FeO. The topological polar surface area (TPSA) is 17.1 Å². The Bertz CT molecular complexity index is 39.3. The fourth-order valence-electron chi connectivity index (χ4n) is 0. The van der Waals surface area contributed by atoms with Gasteiger partial charge < -0.3 is 4.79 Å². The van der Waals surface area contributed by atoms with Crippen molar-refractivity contribution in [2.75, 3.05) is 0 Å². The Morgan fingerprint density at radius 1 is 1.29 bits per heavy atom. The Hall–Kier alpha value is -0.0705. The molecule has 0 heterocycles. The molecular weight excluding hydrogens is 132 g/mol. The molecule has 44 valence electrons. The second-order valence-corrected chi connectivity index (χ2v) is 0.908. The molecule has 0 aliphatic heterocycles. The summed E-state index contributed by atoms with van der Waals surface area (Å²) in [5.74, 6) is 0.167. The van der Waals surface area contributed by atoms with E-state index in [9.17, 15) is 4.79 Å². The van der Waals surface area contributed by atoms with E-state index < -0.39 is 0 Å². The van der Waals surface area contributed by atoms with Crippen LogP contribution in [0.2, 0.25) is 0 Å². The molecule has 0 N–H and O–H groups in total. The third-order valence-electron chi connectivity index (χ3n) is 0. The molecule has 0 aromatic rings. The molecule has 7 heavy (non-hydrogen) atoms. The van der Waals surface area contributed by atoms with Gasteiger partial charge in [0.1, 0.15) is 5.78 Å². The third-order valence-corrected chi connectivity index (χ3v) is 0. The zero-order valence-electron chi connectivity index (χ0n) is 4.68. The summed E-state index contributed by atoms with van der Waals surface area (Å²) in [5.41, 5.74) is 0. The third kappa shape index (κ3) is 18400. The van der Waals surface area contributed by atoms with E-state index in [2.05, 4.69) is 13.2 Å². The van der Waals surface area contributed by atoms with Crippen molar-refractivity contribution in [1.82, 2.24) is 0 Å². The van der Waals surface area contributed by atoms with Crippen LogP contribution in [0, 0.1) is 0 Å². The number of hydrogen-bond donors (Lipinski definition) is 0. The SMILES string of the molecule is C=C.CC(C)=O.[Fe]. The van der Waals surface area contributed by atoms with Crippen LogP contribution in [0.1, 0.15) is 13.8 Å². The van der Waals surface area contributed by atoms with Gasteiger partial charge in [0, 0.05) is 17.1 Å². The first-order valence-electron chi connectivity index (χ1n) is 1.70. The first-order valence-corrected chi connectivity index (χ1v) is 1.70. The summed E-state index contributed by atoms with van der Waals surface area (Å²) < 4.78 is 0. The molecule has 0 aromatic carbocycles. The van der Waals surface area contributed by atoms with Crippen LogP contribution in [0.25, 0.3) is 0 Å². The van der Waals surface area contributed by atoms with Crippen LogP contribution in [0.3, 0.4) is 0 Å². The van der Waals surface area contributed by atoms with Gasteiger partial charge in [0.05, 0.1) is 0 Å². The van der Waals surface area contributed by atoms with Crippen molar-refractivity contribution >= 4 is 5.78 Å². The van der Waals surface area contributed by atoms with Gasteiger partial charge in [0.15, 0.2) is 0 Å². The average Bonchev–Trinajstić information content (AvgIpc) is 1.41. The number of carbonyl (C=O) groups excluding carboxylic acids is 1. The second kappa shape index (κ2) is 16.8. The fourth-order valence-corrected chi connectivity index (χ4v) is 0. The largest absolute Gasteiger partial charge is 0.300 e.